The summed E-state index contributed by atoms with van der Waals surface area (Å²) in [5.41, 5.74) is 6.09. The molecule has 0 aliphatic carbocycles. The zero-order valence-electron chi connectivity index (χ0n) is 26.2. The van der Waals surface area contributed by atoms with Crippen molar-refractivity contribution in [3.05, 3.63) is 89.7 Å². The lowest BCUT2D eigenvalue weighted by molar-refractivity contribution is -0.274. The fourth-order valence-corrected chi connectivity index (χ4v) is 6.20. The van der Waals surface area contributed by atoms with Crippen molar-refractivity contribution in [3.63, 3.8) is 0 Å². The lowest BCUT2D eigenvalue weighted by Gasteiger charge is -2.24. The molecular formula is C34H37F3N6O2S. The molecule has 12 heteroatoms. The molecule has 8 nitrogen and oxygen atoms in total. The second-order valence-corrected chi connectivity index (χ2v) is 12.7. The van der Waals surface area contributed by atoms with Crippen LogP contribution in [0.5, 0.6) is 5.75 Å². The van der Waals surface area contributed by atoms with Crippen LogP contribution in [0.25, 0.3) is 17.1 Å². The van der Waals surface area contributed by atoms with E-state index in [0.717, 1.165) is 53.5 Å². The van der Waals surface area contributed by atoms with Gasteiger partial charge in [-0.25, -0.2) is 14.5 Å². The first-order chi connectivity index (χ1) is 21.9. The van der Waals surface area contributed by atoms with Gasteiger partial charge in [0.15, 0.2) is 11.0 Å². The molecule has 2 amide bonds. The highest BCUT2D eigenvalue weighted by atomic mass is 32.2. The third kappa shape index (κ3) is 8.68. The quantitative estimate of drug-likeness (QED) is 0.186. The highest BCUT2D eigenvalue weighted by Gasteiger charge is 2.31. The number of benzene rings is 3. The van der Waals surface area contributed by atoms with E-state index in [0.29, 0.717) is 17.4 Å². The van der Waals surface area contributed by atoms with E-state index >= 15 is 0 Å². The normalized spacial score (nSPS) is 15.0. The van der Waals surface area contributed by atoms with Crippen LogP contribution in [0.4, 0.5) is 23.7 Å². The van der Waals surface area contributed by atoms with E-state index < -0.39 is 6.36 Å². The first-order valence-electron chi connectivity index (χ1n) is 15.2. The van der Waals surface area contributed by atoms with Crippen LogP contribution in [0.15, 0.2) is 78.0 Å². The van der Waals surface area contributed by atoms with Crippen LogP contribution in [0.3, 0.4) is 0 Å². The topological polar surface area (TPSA) is 84.6 Å². The second-order valence-electron chi connectivity index (χ2n) is 11.6. The molecule has 1 atom stereocenters. The number of anilines is 1. The number of nitrogens with zero attached hydrogens (tertiary/aromatic N) is 5. The maximum absolute atomic E-state index is 12.8. The molecule has 1 N–H and O–H groups in total. The zero-order chi connectivity index (χ0) is 32.8. The number of rotatable bonds is 10. The molecule has 1 aromatic heterocycles. The van der Waals surface area contributed by atoms with E-state index in [4.69, 9.17) is 0 Å². The molecule has 2 heterocycles. The molecule has 0 radical (unpaired) electrons. The number of hydrogen-bond donors (Lipinski definition) is 1. The summed E-state index contributed by atoms with van der Waals surface area (Å²) < 4.78 is 42.7. The highest BCUT2D eigenvalue weighted by molar-refractivity contribution is 8.14. The van der Waals surface area contributed by atoms with Gasteiger partial charge in [-0.2, -0.15) is 4.99 Å². The fraction of sp³-hybridized carbons (Fsp3) is 0.353. The maximum atomic E-state index is 12.8. The van der Waals surface area contributed by atoms with Crippen LogP contribution in [0.2, 0.25) is 0 Å². The van der Waals surface area contributed by atoms with Crippen LogP contribution >= 0.6 is 11.8 Å². The zero-order valence-corrected chi connectivity index (χ0v) is 27.0. The third-order valence-electron chi connectivity index (χ3n) is 7.58. The van der Waals surface area contributed by atoms with Gasteiger partial charge in [0.1, 0.15) is 12.1 Å². The van der Waals surface area contributed by atoms with Gasteiger partial charge in [0.05, 0.1) is 5.69 Å². The van der Waals surface area contributed by atoms with Crippen molar-refractivity contribution in [2.24, 2.45) is 4.99 Å². The Morgan fingerprint density at radius 3 is 2.50 bits per heavy atom. The minimum atomic E-state index is -4.74. The van der Waals surface area contributed by atoms with Gasteiger partial charge in [0.25, 0.3) is 0 Å². The second kappa shape index (κ2) is 14.4. The minimum absolute atomic E-state index is 0.0246. The number of alkyl halides is 3. The smallest absolute Gasteiger partial charge is 0.406 e. The number of nitrogens with one attached hydrogen (secondary N) is 1. The number of urea groups is 1. The minimum Gasteiger partial charge on any atom is -0.406 e. The van der Waals surface area contributed by atoms with Crippen LogP contribution in [-0.2, 0) is 6.42 Å². The van der Waals surface area contributed by atoms with Crippen LogP contribution < -0.4 is 15.0 Å². The van der Waals surface area contributed by atoms with Gasteiger partial charge >= 0.3 is 12.4 Å². The Hall–Kier alpha value is -4.32. The Balaban J connectivity index is 1.11. The molecule has 242 valence electrons. The first-order valence-corrected chi connectivity index (χ1v) is 16.2. The lowest BCUT2D eigenvalue weighted by Crippen LogP contribution is -2.33. The summed E-state index contributed by atoms with van der Waals surface area (Å²) in [6.07, 6.45) is -0.686. The number of amidine groups is 1. The number of ether oxygens (including phenoxy) is 1. The first kappa shape index (κ1) is 33.1. The van der Waals surface area contributed by atoms with E-state index in [1.807, 2.05) is 31.2 Å². The predicted molar refractivity (Wildman–Crippen MR) is 177 cm³/mol. The maximum Gasteiger partial charge on any atom is 0.573 e. The Bertz CT molecular complexity index is 1670. The summed E-state index contributed by atoms with van der Waals surface area (Å²) in [4.78, 5) is 23.8. The molecule has 0 bridgehead atoms. The molecule has 0 saturated carbocycles. The molecule has 3 aromatic carbocycles. The number of amides is 2. The van der Waals surface area contributed by atoms with Gasteiger partial charge in [-0.15, -0.1) is 18.3 Å². The molecule has 1 fully saturated rings. The molecule has 4 aromatic rings. The molecule has 1 unspecified atom stereocenters. The Labute approximate surface area is 271 Å². The molecule has 5 rings (SSSR count). The Morgan fingerprint density at radius 2 is 1.80 bits per heavy atom. The molecule has 1 aliphatic heterocycles. The molecular weight excluding hydrogens is 613 g/mol. The van der Waals surface area contributed by atoms with Gasteiger partial charge in [0.2, 0.25) is 0 Å². The third-order valence-corrected chi connectivity index (χ3v) is 8.54. The summed E-state index contributed by atoms with van der Waals surface area (Å²) in [6, 6.07) is 19.5. The molecule has 1 aliphatic rings. The van der Waals surface area contributed by atoms with Crippen molar-refractivity contribution in [2.75, 3.05) is 17.2 Å². The van der Waals surface area contributed by atoms with Crippen LogP contribution in [0, 0.1) is 6.92 Å². The van der Waals surface area contributed by atoms with E-state index in [9.17, 15) is 18.0 Å². The largest absolute Gasteiger partial charge is 0.573 e. The van der Waals surface area contributed by atoms with E-state index in [1.165, 1.54) is 46.4 Å². The fourth-order valence-electron chi connectivity index (χ4n) is 5.25. The number of carbonyl (C=O) groups is 1. The van der Waals surface area contributed by atoms with Crippen molar-refractivity contribution in [1.82, 2.24) is 20.1 Å². The Morgan fingerprint density at radius 1 is 1.07 bits per heavy atom. The summed E-state index contributed by atoms with van der Waals surface area (Å²) in [5, 5.41) is 8.23. The van der Waals surface area contributed by atoms with Gasteiger partial charge in [-0.1, -0.05) is 62.0 Å². The van der Waals surface area contributed by atoms with E-state index in [-0.39, 0.29) is 17.8 Å². The molecule has 46 heavy (non-hydrogen) atoms. The number of aryl methyl sites for hydroxylation is 2. The molecule has 1 saturated heterocycles. The number of aromatic nitrogens is 3. The van der Waals surface area contributed by atoms with Gasteiger partial charge < -0.3 is 15.0 Å². The Kier molecular flexibility index (Phi) is 10.4. The number of aliphatic imine (C=N–C) groups is 1. The number of hydrogen-bond acceptors (Lipinski definition) is 5. The van der Waals surface area contributed by atoms with Crippen molar-refractivity contribution < 1.29 is 22.7 Å². The standard InChI is InChI=1S/C34H37F3N6O2S/c1-22(2)29-17-8-23(3)20-30(29)42-18-19-46-33(42)40-32(44)39-24(4)6-5-7-25-9-11-26(12-10-25)31-38-21-43(41-31)27-13-15-28(16-14-27)45-34(35,36)37/h8-17,20-22,24H,5-7,18-19H2,1-4H3,(H,39,44). The average molecular weight is 651 g/mol. The summed E-state index contributed by atoms with van der Waals surface area (Å²) in [5.74, 6) is 1.46. The van der Waals surface area contributed by atoms with Gasteiger partial charge in [-0.05, 0) is 86.1 Å². The highest BCUT2D eigenvalue weighted by Crippen LogP contribution is 2.33. The summed E-state index contributed by atoms with van der Waals surface area (Å²) in [6.45, 7) is 9.26. The van der Waals surface area contributed by atoms with E-state index in [2.05, 4.69) is 69.0 Å². The van der Waals surface area contributed by atoms with Crippen molar-refractivity contribution in [3.8, 4) is 22.8 Å². The number of carbonyl (C=O) groups excluding carboxylic acids is 1. The summed E-state index contributed by atoms with van der Waals surface area (Å²) >= 11 is 1.61. The average Bonchev–Trinajstić information content (AvgIpc) is 3.67. The van der Waals surface area contributed by atoms with E-state index in [1.54, 1.807) is 11.8 Å². The number of thioether (sulfide) groups is 1. The van der Waals surface area contributed by atoms with Crippen LogP contribution in [-0.4, -0.2) is 50.7 Å². The van der Waals surface area contributed by atoms with Crippen molar-refractivity contribution in [1.29, 1.82) is 0 Å². The monoisotopic (exact) mass is 650 g/mol. The lowest BCUT2D eigenvalue weighted by atomic mass is 9.99. The molecule has 0 spiro atoms. The van der Waals surface area contributed by atoms with Gasteiger partial charge in [-0.3, -0.25) is 0 Å². The van der Waals surface area contributed by atoms with Crippen LogP contribution in [0.1, 0.15) is 56.2 Å². The SMILES string of the molecule is Cc1ccc(C(C)C)c(N2CCSC2=NC(=O)NC(C)CCCc2ccc(-c3ncn(-c4ccc(OC(F)(F)F)cc4)n3)cc2)c1. The number of halogens is 3. The predicted octanol–water partition coefficient (Wildman–Crippen LogP) is 8.29. The van der Waals surface area contributed by atoms with Gasteiger partial charge in [0, 0.05) is 29.6 Å². The van der Waals surface area contributed by atoms with Crippen molar-refractivity contribution >= 4 is 28.6 Å². The summed E-state index contributed by atoms with van der Waals surface area (Å²) in [7, 11) is 0. The van der Waals surface area contributed by atoms with Crippen molar-refractivity contribution in [2.45, 2.75) is 65.3 Å².